The summed E-state index contributed by atoms with van der Waals surface area (Å²) >= 11 is 0. The van der Waals surface area contributed by atoms with E-state index in [1.807, 2.05) is 12.1 Å². The Hall–Kier alpha value is -1.79. The second-order valence-corrected chi connectivity index (χ2v) is 5.70. The van der Waals surface area contributed by atoms with E-state index in [0.717, 1.165) is 24.5 Å². The molecule has 114 valence electrons. The van der Waals surface area contributed by atoms with Gasteiger partial charge in [0, 0.05) is 36.9 Å². The Bertz CT molecular complexity index is 535. The van der Waals surface area contributed by atoms with Gasteiger partial charge in [0.25, 0.3) is 0 Å². The highest BCUT2D eigenvalue weighted by Crippen LogP contribution is 2.34. The number of nitrogens with zero attached hydrogens (tertiary/aromatic N) is 1. The Morgan fingerprint density at radius 1 is 1.38 bits per heavy atom. The van der Waals surface area contributed by atoms with Crippen molar-refractivity contribution in [3.05, 3.63) is 18.2 Å². The van der Waals surface area contributed by atoms with Crippen LogP contribution < -0.4 is 20.1 Å². The number of anilines is 1. The van der Waals surface area contributed by atoms with Gasteiger partial charge in [-0.2, -0.15) is 0 Å². The lowest BCUT2D eigenvalue weighted by atomic mass is 10.1. The Morgan fingerprint density at radius 3 is 3.05 bits per heavy atom. The van der Waals surface area contributed by atoms with Crippen LogP contribution in [0.4, 0.5) is 5.69 Å². The van der Waals surface area contributed by atoms with Crippen molar-refractivity contribution in [1.29, 1.82) is 0 Å². The average molecular weight is 291 g/mol. The largest absolute Gasteiger partial charge is 0.454 e. The minimum atomic E-state index is -0.00480. The zero-order chi connectivity index (χ0) is 14.8. The van der Waals surface area contributed by atoms with E-state index in [9.17, 15) is 4.79 Å². The van der Waals surface area contributed by atoms with Crippen molar-refractivity contribution in [3.8, 4) is 11.5 Å². The molecule has 1 amide bonds. The molecule has 2 aliphatic heterocycles. The van der Waals surface area contributed by atoms with Gasteiger partial charge in [-0.05, 0) is 26.0 Å². The maximum absolute atomic E-state index is 12.2. The fourth-order valence-electron chi connectivity index (χ4n) is 2.68. The van der Waals surface area contributed by atoms with Gasteiger partial charge in [-0.25, -0.2) is 0 Å². The van der Waals surface area contributed by atoms with Gasteiger partial charge in [-0.3, -0.25) is 9.69 Å². The van der Waals surface area contributed by atoms with Crippen LogP contribution in [0.2, 0.25) is 0 Å². The second kappa shape index (κ2) is 5.91. The van der Waals surface area contributed by atoms with Gasteiger partial charge in [-0.15, -0.1) is 0 Å². The molecular formula is C15H21N3O3. The first-order chi connectivity index (χ1) is 10.1. The summed E-state index contributed by atoms with van der Waals surface area (Å²) in [6, 6.07) is 6.22. The molecule has 6 nitrogen and oxygen atoms in total. The standard InChI is InChI=1S/C15H21N3O3/c1-10-7-18(11(2)6-16-10)8-15(19)17-12-3-4-13-14(5-12)21-9-20-13/h3-5,10-11,16H,6-9H2,1-2H3,(H,17,19). The highest BCUT2D eigenvalue weighted by molar-refractivity contribution is 5.92. The van der Waals surface area contributed by atoms with Gasteiger partial charge < -0.3 is 20.1 Å². The third kappa shape index (κ3) is 3.28. The summed E-state index contributed by atoms with van der Waals surface area (Å²) in [6.07, 6.45) is 0. The fraction of sp³-hybridized carbons (Fsp3) is 0.533. The molecule has 0 aliphatic carbocycles. The first-order valence-electron chi connectivity index (χ1n) is 7.29. The third-order valence-corrected chi connectivity index (χ3v) is 3.90. The van der Waals surface area contributed by atoms with Crippen LogP contribution in [0.15, 0.2) is 18.2 Å². The monoisotopic (exact) mass is 291 g/mol. The second-order valence-electron chi connectivity index (χ2n) is 5.70. The Balaban J connectivity index is 1.58. The van der Waals surface area contributed by atoms with E-state index in [0.29, 0.717) is 24.4 Å². The number of nitrogens with one attached hydrogen (secondary N) is 2. The summed E-state index contributed by atoms with van der Waals surface area (Å²) < 4.78 is 10.6. The molecule has 0 aromatic heterocycles. The van der Waals surface area contributed by atoms with Gasteiger partial charge in [0.2, 0.25) is 12.7 Å². The summed E-state index contributed by atoms with van der Waals surface area (Å²) in [5.41, 5.74) is 0.736. The Kier molecular flexibility index (Phi) is 3.98. The molecular weight excluding hydrogens is 270 g/mol. The van der Waals surface area contributed by atoms with Crippen molar-refractivity contribution in [1.82, 2.24) is 10.2 Å². The Morgan fingerprint density at radius 2 is 2.19 bits per heavy atom. The smallest absolute Gasteiger partial charge is 0.238 e. The summed E-state index contributed by atoms with van der Waals surface area (Å²) in [7, 11) is 0. The molecule has 0 spiro atoms. The molecule has 6 heteroatoms. The Labute approximate surface area is 124 Å². The number of carbonyl (C=O) groups excluding carboxylic acids is 1. The van der Waals surface area contributed by atoms with Gasteiger partial charge in [0.1, 0.15) is 0 Å². The van der Waals surface area contributed by atoms with E-state index in [-0.39, 0.29) is 12.7 Å². The molecule has 0 radical (unpaired) electrons. The summed E-state index contributed by atoms with van der Waals surface area (Å²) in [5.74, 6) is 1.39. The lowest BCUT2D eigenvalue weighted by Crippen LogP contribution is -2.55. The van der Waals surface area contributed by atoms with Crippen LogP contribution in [-0.4, -0.2) is 49.3 Å². The van der Waals surface area contributed by atoms with Crippen LogP contribution in [0.3, 0.4) is 0 Å². The molecule has 2 N–H and O–H groups in total. The van der Waals surface area contributed by atoms with Crippen LogP contribution in [0.1, 0.15) is 13.8 Å². The van der Waals surface area contributed by atoms with Crippen molar-refractivity contribution in [2.24, 2.45) is 0 Å². The molecule has 1 aromatic rings. The molecule has 2 aliphatic rings. The molecule has 1 fully saturated rings. The van der Waals surface area contributed by atoms with Crippen LogP contribution in [-0.2, 0) is 4.79 Å². The highest BCUT2D eigenvalue weighted by Gasteiger charge is 2.24. The van der Waals surface area contributed by atoms with Crippen LogP contribution >= 0.6 is 0 Å². The number of fused-ring (bicyclic) bond motifs is 1. The van der Waals surface area contributed by atoms with Gasteiger partial charge in [0.15, 0.2) is 11.5 Å². The lowest BCUT2D eigenvalue weighted by molar-refractivity contribution is -0.118. The molecule has 2 atom stereocenters. The maximum atomic E-state index is 12.2. The molecule has 0 saturated carbocycles. The number of carbonyl (C=O) groups is 1. The molecule has 2 heterocycles. The van der Waals surface area contributed by atoms with Crippen molar-refractivity contribution < 1.29 is 14.3 Å². The zero-order valence-electron chi connectivity index (χ0n) is 12.4. The van der Waals surface area contributed by atoms with E-state index in [1.54, 1.807) is 6.07 Å². The normalized spacial score (nSPS) is 24.9. The van der Waals surface area contributed by atoms with Crippen molar-refractivity contribution >= 4 is 11.6 Å². The predicted octanol–water partition coefficient (Wildman–Crippen LogP) is 1.04. The minimum Gasteiger partial charge on any atom is -0.454 e. The topological polar surface area (TPSA) is 62.8 Å². The van der Waals surface area contributed by atoms with Gasteiger partial charge in [-0.1, -0.05) is 0 Å². The van der Waals surface area contributed by atoms with Crippen molar-refractivity contribution in [2.45, 2.75) is 25.9 Å². The van der Waals surface area contributed by atoms with E-state index >= 15 is 0 Å². The van der Waals surface area contributed by atoms with Gasteiger partial charge >= 0.3 is 0 Å². The number of piperazine rings is 1. The fourth-order valence-corrected chi connectivity index (χ4v) is 2.68. The molecule has 3 rings (SSSR count). The predicted molar refractivity (Wildman–Crippen MR) is 79.7 cm³/mol. The summed E-state index contributed by atoms with van der Waals surface area (Å²) in [4.78, 5) is 14.4. The SMILES string of the molecule is CC1CN(CC(=O)Nc2ccc3c(c2)OCO3)C(C)CN1. The molecule has 2 unspecified atom stereocenters. The van der Waals surface area contributed by atoms with Crippen molar-refractivity contribution in [3.63, 3.8) is 0 Å². The number of ether oxygens (including phenoxy) is 2. The van der Waals surface area contributed by atoms with Crippen LogP contribution in [0, 0.1) is 0 Å². The average Bonchev–Trinajstić information content (AvgIpc) is 2.90. The van der Waals surface area contributed by atoms with E-state index in [1.165, 1.54) is 0 Å². The van der Waals surface area contributed by atoms with E-state index in [4.69, 9.17) is 9.47 Å². The quantitative estimate of drug-likeness (QED) is 0.871. The third-order valence-electron chi connectivity index (χ3n) is 3.90. The summed E-state index contributed by atoms with van der Waals surface area (Å²) in [6.45, 7) is 6.71. The molecule has 21 heavy (non-hydrogen) atoms. The number of benzene rings is 1. The molecule has 1 saturated heterocycles. The number of hydrogen-bond donors (Lipinski definition) is 2. The lowest BCUT2D eigenvalue weighted by Gasteiger charge is -2.36. The first-order valence-corrected chi connectivity index (χ1v) is 7.29. The van der Waals surface area contributed by atoms with Gasteiger partial charge in [0.05, 0.1) is 6.54 Å². The number of rotatable bonds is 3. The van der Waals surface area contributed by atoms with E-state index in [2.05, 4.69) is 29.4 Å². The highest BCUT2D eigenvalue weighted by atomic mass is 16.7. The minimum absolute atomic E-state index is 0.00480. The van der Waals surface area contributed by atoms with Crippen LogP contribution in [0.5, 0.6) is 11.5 Å². The van der Waals surface area contributed by atoms with Crippen LogP contribution in [0.25, 0.3) is 0 Å². The number of amides is 1. The molecule has 0 bridgehead atoms. The maximum Gasteiger partial charge on any atom is 0.238 e. The van der Waals surface area contributed by atoms with E-state index < -0.39 is 0 Å². The molecule has 1 aromatic carbocycles. The zero-order valence-corrected chi connectivity index (χ0v) is 12.4. The first kappa shape index (κ1) is 14.2. The van der Waals surface area contributed by atoms with Crippen molar-refractivity contribution in [2.75, 3.05) is 31.7 Å². The number of hydrogen-bond acceptors (Lipinski definition) is 5. The summed E-state index contributed by atoms with van der Waals surface area (Å²) in [5, 5.41) is 6.33.